The molecule has 1 aromatic rings. The van der Waals surface area contributed by atoms with Crippen molar-refractivity contribution in [2.45, 2.75) is 13.0 Å². The van der Waals surface area contributed by atoms with Gasteiger partial charge in [-0.3, -0.25) is 9.11 Å². The number of methoxy groups -OCH3 is 1. The van der Waals surface area contributed by atoms with Crippen molar-refractivity contribution >= 4 is 10.4 Å². The van der Waals surface area contributed by atoms with Gasteiger partial charge in [-0.1, -0.05) is 12.1 Å². The second-order valence-corrected chi connectivity index (χ2v) is 3.79. The second-order valence-electron chi connectivity index (χ2n) is 2.90. The van der Waals surface area contributed by atoms with Crippen molar-refractivity contribution in [3.63, 3.8) is 0 Å². The fourth-order valence-corrected chi connectivity index (χ4v) is 0.882. The van der Waals surface area contributed by atoms with Gasteiger partial charge in [-0.25, -0.2) is 0 Å². The molecule has 0 aliphatic carbocycles. The maximum absolute atomic E-state index is 9.15. The van der Waals surface area contributed by atoms with Crippen molar-refractivity contribution in [1.29, 1.82) is 0 Å². The van der Waals surface area contributed by atoms with Crippen molar-refractivity contribution < 1.29 is 27.4 Å². The van der Waals surface area contributed by atoms with Gasteiger partial charge >= 0.3 is 10.4 Å². The Balaban J connectivity index is 0.000000385. The molecule has 0 saturated carbocycles. The molecule has 0 aromatic heterocycles. The fourth-order valence-electron chi connectivity index (χ4n) is 0.882. The van der Waals surface area contributed by atoms with E-state index in [2.05, 4.69) is 0 Å². The van der Waals surface area contributed by atoms with Crippen LogP contribution in [-0.4, -0.2) is 29.7 Å². The van der Waals surface area contributed by atoms with Crippen LogP contribution >= 0.6 is 0 Å². The van der Waals surface area contributed by atoms with Gasteiger partial charge in [0.05, 0.1) is 13.2 Å². The molecule has 0 radical (unpaired) electrons. The maximum Gasteiger partial charge on any atom is 0.394 e. The Morgan fingerprint density at radius 3 is 1.81 bits per heavy atom. The third-order valence-corrected chi connectivity index (χ3v) is 1.60. The smallest absolute Gasteiger partial charge is 0.394 e. The first-order chi connectivity index (χ1) is 7.24. The van der Waals surface area contributed by atoms with Gasteiger partial charge in [0.2, 0.25) is 0 Å². The molecular weight excluding hydrogens is 236 g/mol. The van der Waals surface area contributed by atoms with Crippen LogP contribution in [0.4, 0.5) is 0 Å². The first-order valence-corrected chi connectivity index (χ1v) is 5.65. The van der Waals surface area contributed by atoms with Crippen molar-refractivity contribution in [2.75, 3.05) is 7.11 Å². The third-order valence-electron chi connectivity index (χ3n) is 1.60. The van der Waals surface area contributed by atoms with Gasteiger partial charge in [0.15, 0.2) is 0 Å². The molecule has 0 heterocycles. The molecule has 0 saturated heterocycles. The highest BCUT2D eigenvalue weighted by molar-refractivity contribution is 7.79. The summed E-state index contributed by atoms with van der Waals surface area (Å²) in [5.74, 6) is 0.814. The summed E-state index contributed by atoms with van der Waals surface area (Å²) >= 11 is 0. The van der Waals surface area contributed by atoms with Crippen LogP contribution in [0.3, 0.4) is 0 Å². The molecule has 7 heteroatoms. The zero-order chi connectivity index (χ0) is 12.8. The largest absolute Gasteiger partial charge is 0.497 e. The number of hydrogen-bond acceptors (Lipinski definition) is 4. The Morgan fingerprint density at radius 1 is 1.19 bits per heavy atom. The molecule has 92 valence electrons. The molecular formula is C9H14O6S. The average Bonchev–Trinajstić information content (AvgIpc) is 2.15. The lowest BCUT2D eigenvalue weighted by molar-refractivity contribution is 0.199. The van der Waals surface area contributed by atoms with Crippen LogP contribution in [0.5, 0.6) is 5.75 Å². The van der Waals surface area contributed by atoms with E-state index in [0.717, 1.165) is 11.3 Å². The van der Waals surface area contributed by atoms with E-state index in [1.807, 2.05) is 24.3 Å². The maximum atomic E-state index is 9.15. The van der Waals surface area contributed by atoms with E-state index >= 15 is 0 Å². The van der Waals surface area contributed by atoms with Crippen LogP contribution < -0.4 is 4.74 Å². The van der Waals surface area contributed by atoms with Crippen molar-refractivity contribution in [3.8, 4) is 5.75 Å². The van der Waals surface area contributed by atoms with Gasteiger partial charge in [0.1, 0.15) is 5.75 Å². The van der Waals surface area contributed by atoms with Crippen molar-refractivity contribution in [1.82, 2.24) is 0 Å². The predicted molar refractivity (Wildman–Crippen MR) is 57.8 cm³/mol. The van der Waals surface area contributed by atoms with Crippen LogP contribution in [0, 0.1) is 0 Å². The SMILES string of the molecule is COc1ccc(C(C)O)cc1.O=S(=O)(O)O. The molecule has 0 fully saturated rings. The molecule has 0 amide bonds. The lowest BCUT2D eigenvalue weighted by atomic mass is 10.1. The van der Waals surface area contributed by atoms with Crippen LogP contribution in [0.25, 0.3) is 0 Å². The lowest BCUT2D eigenvalue weighted by Gasteiger charge is -2.04. The third kappa shape index (κ3) is 8.18. The highest BCUT2D eigenvalue weighted by atomic mass is 32.3. The zero-order valence-corrected chi connectivity index (χ0v) is 9.68. The van der Waals surface area contributed by atoms with Gasteiger partial charge in [-0.05, 0) is 24.6 Å². The highest BCUT2D eigenvalue weighted by Gasteiger charge is 1.98. The normalized spacial score (nSPS) is 12.3. The Bertz CT molecular complexity index is 387. The molecule has 0 spiro atoms. The van der Waals surface area contributed by atoms with E-state index in [1.165, 1.54) is 0 Å². The first-order valence-electron chi connectivity index (χ1n) is 4.26. The number of hydrogen-bond donors (Lipinski definition) is 3. The summed E-state index contributed by atoms with van der Waals surface area (Å²) in [5.41, 5.74) is 0.908. The molecule has 3 N–H and O–H groups in total. The van der Waals surface area contributed by atoms with Crippen molar-refractivity contribution in [2.24, 2.45) is 0 Å². The van der Waals surface area contributed by atoms with E-state index in [-0.39, 0.29) is 0 Å². The molecule has 1 atom stereocenters. The first kappa shape index (κ1) is 14.8. The minimum absolute atomic E-state index is 0.402. The van der Waals surface area contributed by atoms with E-state index in [1.54, 1.807) is 14.0 Å². The van der Waals surface area contributed by atoms with Gasteiger partial charge in [-0.2, -0.15) is 8.42 Å². The quantitative estimate of drug-likeness (QED) is 0.679. The predicted octanol–water partition coefficient (Wildman–Crippen LogP) is 1.10. The number of rotatable bonds is 2. The Hall–Kier alpha value is -1.15. The van der Waals surface area contributed by atoms with Gasteiger partial charge < -0.3 is 9.84 Å². The van der Waals surface area contributed by atoms with Gasteiger partial charge in [0.25, 0.3) is 0 Å². The van der Waals surface area contributed by atoms with Crippen LogP contribution in [0.15, 0.2) is 24.3 Å². The number of aliphatic hydroxyl groups is 1. The summed E-state index contributed by atoms with van der Waals surface area (Å²) in [4.78, 5) is 0. The van der Waals surface area contributed by atoms with E-state index in [0.29, 0.717) is 0 Å². The molecule has 6 nitrogen and oxygen atoms in total. The molecule has 0 bridgehead atoms. The number of aliphatic hydroxyl groups excluding tert-OH is 1. The van der Waals surface area contributed by atoms with Crippen LogP contribution in [-0.2, 0) is 10.4 Å². The van der Waals surface area contributed by atoms with Crippen molar-refractivity contribution in [3.05, 3.63) is 29.8 Å². The summed E-state index contributed by atoms with van der Waals surface area (Å²) < 4.78 is 36.6. The molecule has 0 aliphatic rings. The summed E-state index contributed by atoms with van der Waals surface area (Å²) in [5, 5.41) is 9.15. The minimum atomic E-state index is -4.67. The van der Waals surface area contributed by atoms with E-state index < -0.39 is 16.5 Å². The molecule has 16 heavy (non-hydrogen) atoms. The van der Waals surface area contributed by atoms with Crippen LogP contribution in [0.1, 0.15) is 18.6 Å². The fraction of sp³-hybridized carbons (Fsp3) is 0.333. The number of ether oxygens (including phenoxy) is 1. The topological polar surface area (TPSA) is 104 Å². The Kier molecular flexibility index (Phi) is 5.97. The summed E-state index contributed by atoms with van der Waals surface area (Å²) in [7, 11) is -3.04. The van der Waals surface area contributed by atoms with Gasteiger partial charge in [0, 0.05) is 0 Å². The summed E-state index contributed by atoms with van der Waals surface area (Å²) in [6.07, 6.45) is -0.402. The highest BCUT2D eigenvalue weighted by Crippen LogP contribution is 2.16. The lowest BCUT2D eigenvalue weighted by Crippen LogP contribution is -1.90. The van der Waals surface area contributed by atoms with Crippen LogP contribution in [0.2, 0.25) is 0 Å². The van der Waals surface area contributed by atoms with E-state index in [4.69, 9.17) is 27.4 Å². The Morgan fingerprint density at radius 2 is 1.56 bits per heavy atom. The Labute approximate surface area is 94.1 Å². The minimum Gasteiger partial charge on any atom is -0.497 e. The standard InChI is InChI=1S/C9H12O2.H2O4S/c1-7(10)8-3-5-9(11-2)6-4-8;1-5(2,3)4/h3-7,10H,1-2H3;(H2,1,2,3,4). The summed E-state index contributed by atoms with van der Waals surface area (Å²) in [6.45, 7) is 1.74. The molecule has 1 unspecified atom stereocenters. The van der Waals surface area contributed by atoms with Gasteiger partial charge in [-0.15, -0.1) is 0 Å². The summed E-state index contributed by atoms with van der Waals surface area (Å²) in [6, 6.07) is 7.37. The average molecular weight is 250 g/mol. The second kappa shape index (κ2) is 6.44. The van der Waals surface area contributed by atoms with E-state index in [9.17, 15) is 0 Å². The number of benzene rings is 1. The zero-order valence-electron chi connectivity index (χ0n) is 8.86. The molecule has 1 aromatic carbocycles. The molecule has 0 aliphatic heterocycles. The molecule has 1 rings (SSSR count). The monoisotopic (exact) mass is 250 g/mol.